The number of nitrogens with two attached hydrogens (primary N) is 1. The number of benzene rings is 1. The van der Waals surface area contributed by atoms with E-state index in [9.17, 15) is 4.79 Å². The molecule has 6 nitrogen and oxygen atoms in total. The predicted octanol–water partition coefficient (Wildman–Crippen LogP) is 1.68. The Labute approximate surface area is 106 Å². The number of nitrogens with one attached hydrogen (secondary N) is 1. The smallest absolute Gasteiger partial charge is 0.321 e. The van der Waals surface area contributed by atoms with Crippen molar-refractivity contribution in [1.29, 1.82) is 0 Å². The first-order valence-electron chi connectivity index (χ1n) is 5.74. The Hall–Kier alpha value is -2.24. The number of rotatable bonds is 5. The van der Waals surface area contributed by atoms with Crippen LogP contribution in [-0.4, -0.2) is 35.1 Å². The van der Waals surface area contributed by atoms with E-state index in [1.54, 1.807) is 4.90 Å². The van der Waals surface area contributed by atoms with Crippen molar-refractivity contribution in [2.45, 2.75) is 13.3 Å². The van der Waals surface area contributed by atoms with Crippen LogP contribution in [-0.2, 0) is 0 Å². The monoisotopic (exact) mass is 250 g/mol. The van der Waals surface area contributed by atoms with Crippen molar-refractivity contribution in [2.24, 2.45) is 10.9 Å². The third kappa shape index (κ3) is 4.32. The highest BCUT2D eigenvalue weighted by molar-refractivity contribution is 5.89. The fraction of sp³-hybridized carbons (Fsp3) is 0.333. The highest BCUT2D eigenvalue weighted by atomic mass is 16.4. The van der Waals surface area contributed by atoms with Crippen molar-refractivity contribution >= 4 is 17.6 Å². The van der Waals surface area contributed by atoms with Gasteiger partial charge in [-0.15, -0.1) is 0 Å². The second-order valence-electron chi connectivity index (χ2n) is 3.72. The normalized spacial score (nSPS) is 11.1. The SMILES string of the molecule is CCN(CCC(N)=NO)C(=O)Nc1ccccc1. The standard InChI is InChI=1S/C12H18N4O2/c1-2-16(9-8-11(13)15-18)12(17)14-10-6-4-3-5-7-10/h3-7,18H,2,8-9H2,1H3,(H2,13,15)(H,14,17). The number of nitrogens with zero attached hydrogens (tertiary/aromatic N) is 2. The first kappa shape index (κ1) is 13.8. The molecule has 98 valence electrons. The fourth-order valence-corrected chi connectivity index (χ4v) is 1.43. The molecule has 6 heteroatoms. The first-order chi connectivity index (χ1) is 8.67. The summed E-state index contributed by atoms with van der Waals surface area (Å²) in [6, 6.07) is 9.01. The molecule has 0 atom stereocenters. The Morgan fingerprint density at radius 3 is 2.67 bits per heavy atom. The van der Waals surface area contributed by atoms with E-state index in [0.29, 0.717) is 19.5 Å². The Kier molecular flexibility index (Phi) is 5.50. The van der Waals surface area contributed by atoms with Crippen LogP contribution in [0.5, 0.6) is 0 Å². The molecule has 0 spiro atoms. The summed E-state index contributed by atoms with van der Waals surface area (Å²) in [6.07, 6.45) is 0.340. The van der Waals surface area contributed by atoms with Crippen molar-refractivity contribution in [2.75, 3.05) is 18.4 Å². The molecule has 4 N–H and O–H groups in total. The highest BCUT2D eigenvalue weighted by Crippen LogP contribution is 2.06. The number of carbonyl (C=O) groups excluding carboxylic acids is 1. The zero-order valence-electron chi connectivity index (χ0n) is 10.3. The summed E-state index contributed by atoms with van der Waals surface area (Å²) < 4.78 is 0. The van der Waals surface area contributed by atoms with E-state index in [4.69, 9.17) is 10.9 Å². The molecule has 0 aliphatic carbocycles. The van der Waals surface area contributed by atoms with Gasteiger partial charge in [-0.1, -0.05) is 23.4 Å². The zero-order valence-corrected chi connectivity index (χ0v) is 10.3. The molecule has 0 unspecified atom stereocenters. The summed E-state index contributed by atoms with van der Waals surface area (Å²) >= 11 is 0. The lowest BCUT2D eigenvalue weighted by Gasteiger charge is -2.21. The van der Waals surface area contributed by atoms with Gasteiger partial charge >= 0.3 is 6.03 Å². The molecule has 0 saturated carbocycles. The number of amides is 2. The molecule has 0 radical (unpaired) electrons. The van der Waals surface area contributed by atoms with Gasteiger partial charge in [0.1, 0.15) is 5.84 Å². The molecule has 0 saturated heterocycles. The van der Waals surface area contributed by atoms with Crippen molar-refractivity contribution in [3.63, 3.8) is 0 Å². The molecule has 1 aromatic rings. The van der Waals surface area contributed by atoms with Crippen molar-refractivity contribution in [3.05, 3.63) is 30.3 Å². The number of hydrogen-bond donors (Lipinski definition) is 3. The Morgan fingerprint density at radius 2 is 2.11 bits per heavy atom. The minimum Gasteiger partial charge on any atom is -0.409 e. The Balaban J connectivity index is 2.52. The maximum atomic E-state index is 11.9. The van der Waals surface area contributed by atoms with Crippen LogP contribution >= 0.6 is 0 Å². The lowest BCUT2D eigenvalue weighted by atomic mass is 10.3. The van der Waals surface area contributed by atoms with Crippen LogP contribution in [0.15, 0.2) is 35.5 Å². The molecule has 0 aliphatic heterocycles. The van der Waals surface area contributed by atoms with Gasteiger partial charge in [0.05, 0.1) is 0 Å². The molecule has 2 amide bonds. The number of anilines is 1. The van der Waals surface area contributed by atoms with E-state index >= 15 is 0 Å². The van der Waals surface area contributed by atoms with Crippen LogP contribution < -0.4 is 11.1 Å². The lowest BCUT2D eigenvalue weighted by molar-refractivity contribution is 0.215. The van der Waals surface area contributed by atoms with E-state index in [-0.39, 0.29) is 11.9 Å². The number of carbonyl (C=O) groups is 1. The lowest BCUT2D eigenvalue weighted by Crippen LogP contribution is -2.37. The molecule has 0 aliphatic rings. The number of oxime groups is 1. The largest absolute Gasteiger partial charge is 0.409 e. The molecule has 0 heterocycles. The molecule has 1 aromatic carbocycles. The molecule has 0 bridgehead atoms. The number of urea groups is 1. The number of para-hydroxylation sites is 1. The van der Waals surface area contributed by atoms with Gasteiger partial charge in [-0.25, -0.2) is 4.79 Å². The highest BCUT2D eigenvalue weighted by Gasteiger charge is 2.11. The van der Waals surface area contributed by atoms with Crippen LogP contribution in [0.25, 0.3) is 0 Å². The van der Waals surface area contributed by atoms with Gasteiger partial charge in [-0.2, -0.15) is 0 Å². The van der Waals surface area contributed by atoms with Gasteiger partial charge in [0.25, 0.3) is 0 Å². The molecule has 1 rings (SSSR count). The summed E-state index contributed by atoms with van der Waals surface area (Å²) in [6.45, 7) is 2.83. The topological polar surface area (TPSA) is 90.9 Å². The van der Waals surface area contributed by atoms with Crippen molar-refractivity contribution < 1.29 is 10.0 Å². The van der Waals surface area contributed by atoms with Crippen LogP contribution in [0.1, 0.15) is 13.3 Å². The van der Waals surface area contributed by atoms with Gasteiger partial charge in [-0.05, 0) is 19.1 Å². The summed E-state index contributed by atoms with van der Waals surface area (Å²) in [5, 5.41) is 14.1. The quantitative estimate of drug-likeness (QED) is 0.321. The predicted molar refractivity (Wildman–Crippen MR) is 70.7 cm³/mol. The van der Waals surface area contributed by atoms with E-state index < -0.39 is 0 Å². The summed E-state index contributed by atoms with van der Waals surface area (Å²) in [5.41, 5.74) is 6.11. The zero-order chi connectivity index (χ0) is 13.4. The van der Waals surface area contributed by atoms with Gasteiger partial charge in [0, 0.05) is 25.2 Å². The summed E-state index contributed by atoms with van der Waals surface area (Å²) in [7, 11) is 0. The maximum Gasteiger partial charge on any atom is 0.321 e. The van der Waals surface area contributed by atoms with Gasteiger partial charge < -0.3 is 21.2 Å². The van der Waals surface area contributed by atoms with E-state index in [0.717, 1.165) is 5.69 Å². The average Bonchev–Trinajstić information content (AvgIpc) is 2.40. The number of amidine groups is 1. The van der Waals surface area contributed by atoms with E-state index in [2.05, 4.69) is 10.5 Å². The average molecular weight is 250 g/mol. The molecule has 18 heavy (non-hydrogen) atoms. The Bertz CT molecular complexity index is 406. The van der Waals surface area contributed by atoms with Gasteiger partial charge in [0.15, 0.2) is 0 Å². The third-order valence-corrected chi connectivity index (χ3v) is 2.46. The summed E-state index contributed by atoms with van der Waals surface area (Å²) in [4.78, 5) is 13.5. The van der Waals surface area contributed by atoms with Crippen molar-refractivity contribution in [3.8, 4) is 0 Å². The molecule has 0 fully saturated rings. The Morgan fingerprint density at radius 1 is 1.44 bits per heavy atom. The van der Waals surface area contributed by atoms with Gasteiger partial charge in [-0.3, -0.25) is 0 Å². The number of hydrogen-bond acceptors (Lipinski definition) is 3. The fourth-order valence-electron chi connectivity index (χ4n) is 1.43. The van der Waals surface area contributed by atoms with Gasteiger partial charge in [0.2, 0.25) is 0 Å². The van der Waals surface area contributed by atoms with E-state index in [1.165, 1.54) is 0 Å². The molecular weight excluding hydrogens is 232 g/mol. The maximum absolute atomic E-state index is 11.9. The molecular formula is C12H18N4O2. The first-order valence-corrected chi connectivity index (χ1v) is 5.74. The second kappa shape index (κ2) is 7.16. The van der Waals surface area contributed by atoms with Crippen LogP contribution in [0.2, 0.25) is 0 Å². The minimum atomic E-state index is -0.200. The van der Waals surface area contributed by atoms with Crippen molar-refractivity contribution in [1.82, 2.24) is 4.90 Å². The minimum absolute atomic E-state index is 0.112. The molecule has 0 aromatic heterocycles. The second-order valence-corrected chi connectivity index (χ2v) is 3.72. The summed E-state index contributed by atoms with van der Waals surface area (Å²) in [5.74, 6) is 0.112. The third-order valence-electron chi connectivity index (χ3n) is 2.46. The van der Waals surface area contributed by atoms with Crippen LogP contribution in [0, 0.1) is 0 Å². The van der Waals surface area contributed by atoms with E-state index in [1.807, 2.05) is 37.3 Å². The van der Waals surface area contributed by atoms with Crippen LogP contribution in [0.4, 0.5) is 10.5 Å². The van der Waals surface area contributed by atoms with Crippen LogP contribution in [0.3, 0.4) is 0 Å².